The highest BCUT2D eigenvalue weighted by Gasteiger charge is 2.27. The van der Waals surface area contributed by atoms with Crippen LogP contribution in [0.1, 0.15) is 33.4 Å². The number of rotatable bonds is 7. The SMILES string of the molecule is CN1CCN(c2nc(N)nc3c2CCc2cc(OCc4ccc(Cl)cc4)ccc2-3)CC1.Nc1nc(Cl)c2c(n1)-c1ccc(OCc3ccc(Cl)cc3)cc1CC2. The van der Waals surface area contributed by atoms with Crippen molar-refractivity contribution < 1.29 is 9.47 Å². The number of anilines is 3. The second-order valence-electron chi connectivity index (χ2n) is 14.2. The zero-order valence-electron chi connectivity index (χ0n) is 30.9. The summed E-state index contributed by atoms with van der Waals surface area (Å²) in [5.41, 5.74) is 22.6. The molecule has 4 aromatic carbocycles. The highest BCUT2D eigenvalue weighted by Crippen LogP contribution is 2.39. The first-order chi connectivity index (χ1) is 27.2. The summed E-state index contributed by atoms with van der Waals surface area (Å²) in [4.78, 5) is 22.4. The van der Waals surface area contributed by atoms with Crippen LogP contribution >= 0.6 is 34.8 Å². The predicted octanol–water partition coefficient (Wildman–Crippen LogP) is 8.52. The van der Waals surface area contributed by atoms with Crippen LogP contribution in [0, 0.1) is 0 Å². The first kappa shape index (κ1) is 37.8. The molecule has 0 radical (unpaired) electrons. The van der Waals surface area contributed by atoms with Crippen molar-refractivity contribution in [2.24, 2.45) is 0 Å². The molecule has 286 valence electrons. The predicted molar refractivity (Wildman–Crippen MR) is 225 cm³/mol. The Kier molecular flexibility index (Phi) is 11.2. The molecule has 1 aliphatic heterocycles. The molecule has 6 aromatic rings. The number of hydrogen-bond donors (Lipinski definition) is 2. The summed E-state index contributed by atoms with van der Waals surface area (Å²) in [7, 11) is 2.16. The van der Waals surface area contributed by atoms with Crippen LogP contribution in [0.4, 0.5) is 17.7 Å². The minimum absolute atomic E-state index is 0.194. The number of halogens is 3. The smallest absolute Gasteiger partial charge is 0.222 e. The molecule has 56 heavy (non-hydrogen) atoms. The first-order valence-electron chi connectivity index (χ1n) is 18.6. The van der Waals surface area contributed by atoms with E-state index in [4.69, 9.17) is 55.7 Å². The van der Waals surface area contributed by atoms with Gasteiger partial charge in [-0.25, -0.2) is 15.0 Å². The van der Waals surface area contributed by atoms with Gasteiger partial charge in [-0.1, -0.05) is 59.1 Å². The van der Waals surface area contributed by atoms with Gasteiger partial charge in [0.2, 0.25) is 11.9 Å². The summed E-state index contributed by atoms with van der Waals surface area (Å²) >= 11 is 18.1. The van der Waals surface area contributed by atoms with Crippen LogP contribution in [0.15, 0.2) is 84.9 Å². The number of aryl methyl sites for hydroxylation is 2. The lowest BCUT2D eigenvalue weighted by Crippen LogP contribution is -2.45. The van der Waals surface area contributed by atoms with Gasteiger partial charge in [0.15, 0.2) is 0 Å². The Hall–Kier alpha value is -5.13. The number of nitrogens with zero attached hydrogens (tertiary/aromatic N) is 6. The fourth-order valence-electron chi connectivity index (χ4n) is 7.35. The monoisotopic (exact) mass is 806 g/mol. The standard InChI is InChI=1S/C24H26ClN5O.C19H15Cl2N3O/c1-29-10-12-30(13-11-29)23-21-8-4-17-14-19(31-15-16-2-5-18(25)6-3-16)7-9-20(17)22(21)27-24(26)28-23;20-13-4-1-11(2-5-13)10-25-14-6-8-15-12(9-14)3-7-16-17(15)23-19(22)24-18(16)21/h2-3,5-7,9,14H,4,8,10-13,15H2,1H3,(H2,26,27,28);1-2,4-6,8-9H,3,7,10H2,(H2,22,23,24). The van der Waals surface area contributed by atoms with Gasteiger partial charge < -0.3 is 30.7 Å². The van der Waals surface area contributed by atoms with Gasteiger partial charge in [-0.15, -0.1) is 0 Å². The number of benzene rings is 4. The molecule has 3 heterocycles. The Morgan fingerprint density at radius 3 is 1.59 bits per heavy atom. The van der Waals surface area contributed by atoms with Crippen molar-refractivity contribution in [3.8, 4) is 34.0 Å². The number of ether oxygens (including phenoxy) is 2. The molecular weight excluding hydrogens is 767 g/mol. The molecule has 1 fully saturated rings. The third-order valence-electron chi connectivity index (χ3n) is 10.4. The van der Waals surface area contributed by atoms with Gasteiger partial charge in [-0.05, 0) is 116 Å². The minimum atomic E-state index is 0.194. The number of likely N-dealkylation sites (N-methyl/N-ethyl adjacent to an activating group) is 1. The van der Waals surface area contributed by atoms with Gasteiger partial charge in [0.1, 0.15) is 35.7 Å². The van der Waals surface area contributed by atoms with Crippen molar-refractivity contribution in [3.05, 3.63) is 134 Å². The second kappa shape index (κ2) is 16.5. The maximum atomic E-state index is 6.21. The van der Waals surface area contributed by atoms with E-state index in [0.29, 0.717) is 24.3 Å². The average Bonchev–Trinajstić information content (AvgIpc) is 3.20. The lowest BCUT2D eigenvalue weighted by atomic mass is 9.88. The molecule has 9 rings (SSSR count). The molecule has 3 aliphatic rings. The van der Waals surface area contributed by atoms with Crippen LogP contribution in [-0.2, 0) is 38.9 Å². The highest BCUT2D eigenvalue weighted by molar-refractivity contribution is 6.31. The number of aromatic nitrogens is 4. The molecule has 0 spiro atoms. The van der Waals surface area contributed by atoms with Crippen LogP contribution < -0.4 is 25.8 Å². The summed E-state index contributed by atoms with van der Waals surface area (Å²) in [5, 5.41) is 1.89. The van der Waals surface area contributed by atoms with Gasteiger partial charge >= 0.3 is 0 Å². The molecule has 2 aromatic heterocycles. The molecule has 0 bridgehead atoms. The Bertz CT molecular complexity index is 2370. The topological polar surface area (TPSA) is 129 Å². The fourth-order valence-corrected chi connectivity index (χ4v) is 7.87. The number of fused-ring (bicyclic) bond motifs is 6. The van der Waals surface area contributed by atoms with Crippen LogP contribution in [0.5, 0.6) is 11.5 Å². The van der Waals surface area contributed by atoms with E-state index in [-0.39, 0.29) is 5.95 Å². The molecule has 2 aliphatic carbocycles. The van der Waals surface area contributed by atoms with Gasteiger partial charge in [-0.2, -0.15) is 4.98 Å². The first-order valence-corrected chi connectivity index (χ1v) is 19.7. The van der Waals surface area contributed by atoms with Crippen LogP contribution in [0.3, 0.4) is 0 Å². The third-order valence-corrected chi connectivity index (χ3v) is 11.2. The molecular formula is C43H41Cl3N8O2. The van der Waals surface area contributed by atoms with Gasteiger partial charge in [0.05, 0.1) is 11.4 Å². The molecule has 4 N–H and O–H groups in total. The van der Waals surface area contributed by atoms with E-state index in [2.05, 4.69) is 55.0 Å². The lowest BCUT2D eigenvalue weighted by molar-refractivity contribution is 0.306. The van der Waals surface area contributed by atoms with Crippen LogP contribution in [-0.4, -0.2) is 58.1 Å². The maximum absolute atomic E-state index is 6.21. The molecule has 13 heteroatoms. The van der Waals surface area contributed by atoms with E-state index in [1.54, 1.807) is 0 Å². The van der Waals surface area contributed by atoms with Crippen molar-refractivity contribution in [2.75, 3.05) is 49.6 Å². The van der Waals surface area contributed by atoms with E-state index in [0.717, 1.165) is 118 Å². The highest BCUT2D eigenvalue weighted by atomic mass is 35.5. The summed E-state index contributed by atoms with van der Waals surface area (Å²) < 4.78 is 11.9. The van der Waals surface area contributed by atoms with Crippen LogP contribution in [0.25, 0.3) is 22.5 Å². The summed E-state index contributed by atoms with van der Waals surface area (Å²) in [5.74, 6) is 3.22. The van der Waals surface area contributed by atoms with Crippen molar-refractivity contribution in [1.82, 2.24) is 24.8 Å². The Morgan fingerprint density at radius 1 is 0.571 bits per heavy atom. The summed E-state index contributed by atoms with van der Waals surface area (Å²) in [6, 6.07) is 27.6. The largest absolute Gasteiger partial charge is 0.489 e. The van der Waals surface area contributed by atoms with Crippen molar-refractivity contribution >= 4 is 52.5 Å². The van der Waals surface area contributed by atoms with Crippen molar-refractivity contribution in [3.63, 3.8) is 0 Å². The summed E-state index contributed by atoms with van der Waals surface area (Å²) in [6.45, 7) is 4.99. The number of hydrogen-bond acceptors (Lipinski definition) is 10. The molecule has 0 amide bonds. The molecule has 10 nitrogen and oxygen atoms in total. The van der Waals surface area contributed by atoms with Gasteiger partial charge in [0.25, 0.3) is 0 Å². The summed E-state index contributed by atoms with van der Waals surface area (Å²) in [6.07, 6.45) is 3.51. The van der Waals surface area contributed by atoms with Crippen molar-refractivity contribution in [2.45, 2.75) is 38.9 Å². The number of nitrogen functional groups attached to an aromatic ring is 2. The zero-order chi connectivity index (χ0) is 38.8. The normalized spacial score (nSPS) is 14.4. The molecule has 0 atom stereocenters. The van der Waals surface area contributed by atoms with Crippen molar-refractivity contribution in [1.29, 1.82) is 0 Å². The third kappa shape index (κ3) is 8.49. The Morgan fingerprint density at radius 2 is 1.05 bits per heavy atom. The molecule has 0 unspecified atom stereocenters. The van der Waals surface area contributed by atoms with Crippen LogP contribution in [0.2, 0.25) is 15.2 Å². The average molecular weight is 808 g/mol. The number of piperazine rings is 1. The maximum Gasteiger partial charge on any atom is 0.222 e. The number of nitrogens with two attached hydrogens (primary N) is 2. The van der Waals surface area contributed by atoms with Gasteiger partial charge in [-0.3, -0.25) is 0 Å². The van der Waals surface area contributed by atoms with E-state index >= 15 is 0 Å². The zero-order valence-corrected chi connectivity index (χ0v) is 33.2. The van der Waals surface area contributed by atoms with E-state index < -0.39 is 0 Å². The molecule has 1 saturated heterocycles. The van der Waals surface area contributed by atoms with E-state index in [1.165, 1.54) is 16.7 Å². The van der Waals surface area contributed by atoms with E-state index in [9.17, 15) is 0 Å². The second-order valence-corrected chi connectivity index (χ2v) is 15.4. The quantitative estimate of drug-likeness (QED) is 0.152. The Labute approximate surface area is 341 Å². The van der Waals surface area contributed by atoms with Gasteiger partial charge in [0, 0.05) is 58.5 Å². The minimum Gasteiger partial charge on any atom is -0.489 e. The lowest BCUT2D eigenvalue weighted by Gasteiger charge is -2.35. The van der Waals surface area contributed by atoms with E-state index in [1.807, 2.05) is 66.7 Å². The Balaban J connectivity index is 0.000000161. The molecule has 0 saturated carbocycles. The fraction of sp³-hybridized carbons (Fsp3) is 0.256.